The van der Waals surface area contributed by atoms with E-state index in [2.05, 4.69) is 30.6 Å². The summed E-state index contributed by atoms with van der Waals surface area (Å²) in [5.41, 5.74) is 6.24. The zero-order chi connectivity index (χ0) is 13.1. The molecule has 2 N–H and O–H groups in total. The lowest BCUT2D eigenvalue weighted by atomic mass is 9.92. The first-order valence-electron chi connectivity index (χ1n) is 7.81. The third kappa shape index (κ3) is 3.46. The molecule has 0 aliphatic carbocycles. The topological polar surface area (TPSA) is 32.5 Å². The Morgan fingerprint density at radius 3 is 2.50 bits per heavy atom. The van der Waals surface area contributed by atoms with Gasteiger partial charge < -0.3 is 10.6 Å². The maximum atomic E-state index is 6.24. The molecule has 0 saturated carbocycles. The Bertz CT molecular complexity index is 254. The number of nitrogens with zero attached hydrogens (tertiary/aromatic N) is 2. The van der Waals surface area contributed by atoms with E-state index >= 15 is 0 Å². The Hall–Kier alpha value is -0.120. The van der Waals surface area contributed by atoms with E-state index in [1.165, 1.54) is 45.3 Å². The molecular weight excluding hydrogens is 222 g/mol. The minimum atomic E-state index is 0.392. The maximum Gasteiger partial charge on any atom is 0.0194 e. The van der Waals surface area contributed by atoms with Gasteiger partial charge in [-0.3, -0.25) is 4.90 Å². The number of likely N-dealkylation sites (tertiary alicyclic amines) is 2. The van der Waals surface area contributed by atoms with Crippen LogP contribution in [0.15, 0.2) is 0 Å². The molecule has 0 amide bonds. The first-order valence-corrected chi connectivity index (χ1v) is 7.81. The molecule has 18 heavy (non-hydrogen) atoms. The van der Waals surface area contributed by atoms with Gasteiger partial charge in [-0.25, -0.2) is 0 Å². The number of hydrogen-bond donors (Lipinski definition) is 1. The van der Waals surface area contributed by atoms with Crippen molar-refractivity contribution in [2.75, 3.05) is 26.2 Å². The third-order valence-corrected chi connectivity index (χ3v) is 5.03. The molecule has 3 nitrogen and oxygen atoms in total. The molecule has 0 aromatic heterocycles. The third-order valence-electron chi connectivity index (χ3n) is 5.03. The lowest BCUT2D eigenvalue weighted by Crippen LogP contribution is -2.51. The van der Waals surface area contributed by atoms with Crippen LogP contribution in [-0.2, 0) is 0 Å². The molecule has 2 heterocycles. The minimum Gasteiger partial charge on any atom is -0.326 e. The Kier molecular flexibility index (Phi) is 5.05. The van der Waals surface area contributed by atoms with Crippen molar-refractivity contribution in [3.05, 3.63) is 0 Å². The second-order valence-electron chi connectivity index (χ2n) is 6.64. The predicted octanol–water partition coefficient (Wildman–Crippen LogP) is 1.92. The van der Waals surface area contributed by atoms with Crippen LogP contribution >= 0.6 is 0 Å². The standard InChI is InChI=1S/C15H31N3/c1-12(2)17-8-4-5-14(7-10-17)18-9-6-13(3)15(16)11-18/h12-15H,4-11,16H2,1-3H3. The molecule has 0 spiro atoms. The van der Waals surface area contributed by atoms with Gasteiger partial charge in [-0.2, -0.15) is 0 Å². The minimum absolute atomic E-state index is 0.392. The molecule has 2 fully saturated rings. The van der Waals surface area contributed by atoms with Gasteiger partial charge in [-0.1, -0.05) is 6.92 Å². The van der Waals surface area contributed by atoms with Crippen LogP contribution in [-0.4, -0.2) is 54.1 Å². The fourth-order valence-corrected chi connectivity index (χ4v) is 3.44. The van der Waals surface area contributed by atoms with Crippen molar-refractivity contribution >= 4 is 0 Å². The molecule has 0 aromatic rings. The average Bonchev–Trinajstić information content (AvgIpc) is 2.58. The highest BCUT2D eigenvalue weighted by atomic mass is 15.2. The molecule has 3 unspecified atom stereocenters. The molecule has 0 aromatic carbocycles. The summed E-state index contributed by atoms with van der Waals surface area (Å²) in [6.45, 7) is 11.9. The summed E-state index contributed by atoms with van der Waals surface area (Å²) >= 11 is 0. The fraction of sp³-hybridized carbons (Fsp3) is 1.00. The highest BCUT2D eigenvalue weighted by molar-refractivity contribution is 4.86. The zero-order valence-corrected chi connectivity index (χ0v) is 12.4. The second-order valence-corrected chi connectivity index (χ2v) is 6.64. The lowest BCUT2D eigenvalue weighted by molar-refractivity contribution is 0.109. The van der Waals surface area contributed by atoms with Crippen LogP contribution in [0, 0.1) is 5.92 Å². The van der Waals surface area contributed by atoms with Gasteiger partial charge in [-0.15, -0.1) is 0 Å². The van der Waals surface area contributed by atoms with E-state index in [1.807, 2.05) is 0 Å². The Morgan fingerprint density at radius 1 is 1.06 bits per heavy atom. The molecule has 2 aliphatic rings. The normalized spacial score (nSPS) is 36.8. The van der Waals surface area contributed by atoms with E-state index in [0.29, 0.717) is 18.0 Å². The number of rotatable bonds is 2. The summed E-state index contributed by atoms with van der Waals surface area (Å²) in [5.74, 6) is 0.708. The average molecular weight is 253 g/mol. The van der Waals surface area contributed by atoms with Crippen LogP contribution in [0.5, 0.6) is 0 Å². The molecule has 2 rings (SSSR count). The first kappa shape index (κ1) is 14.3. The summed E-state index contributed by atoms with van der Waals surface area (Å²) < 4.78 is 0. The summed E-state index contributed by atoms with van der Waals surface area (Å²) in [6.07, 6.45) is 5.33. The Labute approximate surface area is 113 Å². The largest absolute Gasteiger partial charge is 0.326 e. The van der Waals surface area contributed by atoms with Crippen molar-refractivity contribution in [1.82, 2.24) is 9.80 Å². The zero-order valence-electron chi connectivity index (χ0n) is 12.4. The first-order chi connectivity index (χ1) is 8.58. The van der Waals surface area contributed by atoms with Crippen LogP contribution in [0.2, 0.25) is 0 Å². The molecule has 106 valence electrons. The summed E-state index contributed by atoms with van der Waals surface area (Å²) in [6, 6.07) is 1.88. The Morgan fingerprint density at radius 2 is 1.83 bits per heavy atom. The highest BCUT2D eigenvalue weighted by Crippen LogP contribution is 2.23. The van der Waals surface area contributed by atoms with Crippen LogP contribution in [0.25, 0.3) is 0 Å². The van der Waals surface area contributed by atoms with Crippen LogP contribution < -0.4 is 5.73 Å². The summed E-state index contributed by atoms with van der Waals surface area (Å²) in [4.78, 5) is 5.31. The van der Waals surface area contributed by atoms with E-state index in [-0.39, 0.29) is 0 Å². The van der Waals surface area contributed by atoms with Crippen molar-refractivity contribution in [1.29, 1.82) is 0 Å². The molecule has 3 atom stereocenters. The van der Waals surface area contributed by atoms with Crippen LogP contribution in [0.4, 0.5) is 0 Å². The van der Waals surface area contributed by atoms with E-state index in [1.54, 1.807) is 0 Å². The molecule has 0 bridgehead atoms. The van der Waals surface area contributed by atoms with E-state index in [4.69, 9.17) is 5.73 Å². The van der Waals surface area contributed by atoms with Crippen molar-refractivity contribution in [2.24, 2.45) is 11.7 Å². The second kappa shape index (κ2) is 6.36. The smallest absolute Gasteiger partial charge is 0.0194 e. The van der Waals surface area contributed by atoms with Crippen LogP contribution in [0.1, 0.15) is 46.5 Å². The molecule has 2 aliphatic heterocycles. The molecule has 0 radical (unpaired) electrons. The SMILES string of the molecule is CC1CCN(C2CCCN(C(C)C)CC2)CC1N. The monoisotopic (exact) mass is 253 g/mol. The lowest BCUT2D eigenvalue weighted by Gasteiger charge is -2.40. The summed E-state index contributed by atoms with van der Waals surface area (Å²) in [7, 11) is 0. The maximum absolute atomic E-state index is 6.24. The van der Waals surface area contributed by atoms with Gasteiger partial charge in [0.2, 0.25) is 0 Å². The van der Waals surface area contributed by atoms with E-state index in [0.717, 1.165) is 12.6 Å². The molecule has 2 saturated heterocycles. The van der Waals surface area contributed by atoms with Crippen molar-refractivity contribution in [3.63, 3.8) is 0 Å². The highest BCUT2D eigenvalue weighted by Gasteiger charge is 2.29. The number of piperidine rings is 1. The molecule has 3 heteroatoms. The van der Waals surface area contributed by atoms with Crippen LogP contribution in [0.3, 0.4) is 0 Å². The van der Waals surface area contributed by atoms with Crippen molar-refractivity contribution < 1.29 is 0 Å². The fourth-order valence-electron chi connectivity index (χ4n) is 3.44. The Balaban J connectivity index is 1.86. The van der Waals surface area contributed by atoms with E-state index < -0.39 is 0 Å². The van der Waals surface area contributed by atoms with Gasteiger partial charge in [0.05, 0.1) is 0 Å². The van der Waals surface area contributed by atoms with Crippen molar-refractivity contribution in [3.8, 4) is 0 Å². The van der Waals surface area contributed by atoms with Gasteiger partial charge in [0.15, 0.2) is 0 Å². The predicted molar refractivity (Wildman–Crippen MR) is 77.7 cm³/mol. The van der Waals surface area contributed by atoms with Gasteiger partial charge in [0, 0.05) is 24.7 Å². The van der Waals surface area contributed by atoms with Crippen molar-refractivity contribution in [2.45, 2.75) is 64.6 Å². The number of nitrogens with two attached hydrogens (primary N) is 1. The summed E-state index contributed by atoms with van der Waals surface area (Å²) in [5, 5.41) is 0. The molecular formula is C15H31N3. The van der Waals surface area contributed by atoms with Gasteiger partial charge in [0.25, 0.3) is 0 Å². The number of hydrogen-bond acceptors (Lipinski definition) is 3. The van der Waals surface area contributed by atoms with E-state index in [9.17, 15) is 0 Å². The van der Waals surface area contributed by atoms with Gasteiger partial charge in [-0.05, 0) is 65.1 Å². The quantitative estimate of drug-likeness (QED) is 0.816. The van der Waals surface area contributed by atoms with Gasteiger partial charge >= 0.3 is 0 Å². The van der Waals surface area contributed by atoms with Gasteiger partial charge in [0.1, 0.15) is 0 Å².